The third-order valence-electron chi connectivity index (χ3n) is 3.22. The van der Waals surface area contributed by atoms with Gasteiger partial charge in [0.15, 0.2) is 11.5 Å². The summed E-state index contributed by atoms with van der Waals surface area (Å²) >= 11 is 0. The first-order valence-electron chi connectivity index (χ1n) is 6.03. The number of aryl methyl sites for hydroxylation is 1. The van der Waals surface area contributed by atoms with Crippen molar-refractivity contribution in [2.45, 2.75) is 25.8 Å². The minimum Gasteiger partial charge on any atom is -0.459 e. The molecular formula is C13H14N2O3. The lowest BCUT2D eigenvalue weighted by molar-refractivity contribution is 0.0682. The number of hydrogen-bond donors (Lipinski definition) is 0. The van der Waals surface area contributed by atoms with Gasteiger partial charge in [0.05, 0.1) is 18.0 Å². The van der Waals surface area contributed by atoms with Crippen LogP contribution in [0.3, 0.4) is 0 Å². The zero-order valence-corrected chi connectivity index (χ0v) is 10.1. The van der Waals surface area contributed by atoms with Gasteiger partial charge in [-0.05, 0) is 31.9 Å². The zero-order valence-electron chi connectivity index (χ0n) is 10.1. The molecular weight excluding hydrogens is 232 g/mol. The largest absolute Gasteiger partial charge is 0.459 e. The molecule has 0 saturated carbocycles. The first-order valence-corrected chi connectivity index (χ1v) is 6.03. The topological polar surface area (TPSA) is 59.5 Å². The van der Waals surface area contributed by atoms with Crippen LogP contribution in [-0.2, 0) is 0 Å². The SMILES string of the molecule is Cc1cc(C2CCCN2C(=O)c2ccco2)on1. The number of rotatable bonds is 2. The third-order valence-corrected chi connectivity index (χ3v) is 3.22. The highest BCUT2D eigenvalue weighted by molar-refractivity contribution is 5.91. The first-order chi connectivity index (χ1) is 8.75. The van der Waals surface area contributed by atoms with E-state index in [-0.39, 0.29) is 11.9 Å². The maximum Gasteiger partial charge on any atom is 0.290 e. The number of carbonyl (C=O) groups excluding carboxylic acids is 1. The lowest BCUT2D eigenvalue weighted by Gasteiger charge is -2.21. The van der Waals surface area contributed by atoms with Gasteiger partial charge in [0, 0.05) is 12.6 Å². The van der Waals surface area contributed by atoms with Crippen LogP contribution in [0.15, 0.2) is 33.4 Å². The molecule has 0 aliphatic carbocycles. The summed E-state index contributed by atoms with van der Waals surface area (Å²) in [6.45, 7) is 2.60. The standard InChI is InChI=1S/C13H14N2O3/c1-9-8-12(18-14-9)10-4-2-6-15(10)13(16)11-5-3-7-17-11/h3,5,7-8,10H,2,4,6H2,1H3. The maximum absolute atomic E-state index is 12.3. The van der Waals surface area contributed by atoms with E-state index in [4.69, 9.17) is 8.94 Å². The highest BCUT2D eigenvalue weighted by Crippen LogP contribution is 2.33. The summed E-state index contributed by atoms with van der Waals surface area (Å²) in [6, 6.07) is 5.27. The van der Waals surface area contributed by atoms with Crippen molar-refractivity contribution in [2.24, 2.45) is 0 Å². The summed E-state index contributed by atoms with van der Waals surface area (Å²) in [6.07, 6.45) is 3.38. The fraction of sp³-hybridized carbons (Fsp3) is 0.385. The molecule has 2 aromatic heterocycles. The van der Waals surface area contributed by atoms with Gasteiger partial charge in [-0.15, -0.1) is 0 Å². The van der Waals surface area contributed by atoms with E-state index in [0.29, 0.717) is 5.76 Å². The quantitative estimate of drug-likeness (QED) is 0.817. The first kappa shape index (κ1) is 11.1. The average molecular weight is 246 g/mol. The molecule has 1 aliphatic rings. The maximum atomic E-state index is 12.3. The summed E-state index contributed by atoms with van der Waals surface area (Å²) in [5.74, 6) is 1.04. The average Bonchev–Trinajstić information content (AvgIpc) is 3.09. The number of likely N-dealkylation sites (tertiary alicyclic amines) is 1. The number of aromatic nitrogens is 1. The zero-order chi connectivity index (χ0) is 12.5. The Balaban J connectivity index is 1.85. The molecule has 0 radical (unpaired) electrons. The molecule has 0 bridgehead atoms. The summed E-state index contributed by atoms with van der Waals surface area (Å²) in [4.78, 5) is 14.1. The molecule has 1 fully saturated rings. The number of nitrogens with zero attached hydrogens (tertiary/aromatic N) is 2. The number of hydrogen-bond acceptors (Lipinski definition) is 4. The monoisotopic (exact) mass is 246 g/mol. The van der Waals surface area contributed by atoms with Crippen LogP contribution in [0.4, 0.5) is 0 Å². The van der Waals surface area contributed by atoms with Gasteiger partial charge in [-0.25, -0.2) is 0 Å². The highest BCUT2D eigenvalue weighted by Gasteiger charge is 2.34. The molecule has 0 spiro atoms. The van der Waals surface area contributed by atoms with Crippen molar-refractivity contribution in [1.29, 1.82) is 0 Å². The van der Waals surface area contributed by atoms with Gasteiger partial charge in [0.1, 0.15) is 0 Å². The molecule has 1 saturated heterocycles. The summed E-state index contributed by atoms with van der Waals surface area (Å²) < 4.78 is 10.4. The molecule has 18 heavy (non-hydrogen) atoms. The van der Waals surface area contributed by atoms with Gasteiger partial charge in [0.2, 0.25) is 0 Å². The smallest absolute Gasteiger partial charge is 0.290 e. The van der Waals surface area contributed by atoms with E-state index in [9.17, 15) is 4.79 Å². The van der Waals surface area contributed by atoms with Crippen molar-refractivity contribution >= 4 is 5.91 Å². The Morgan fingerprint density at radius 1 is 1.56 bits per heavy atom. The molecule has 94 valence electrons. The number of furan rings is 1. The molecule has 1 amide bonds. The molecule has 5 heteroatoms. The Bertz CT molecular complexity index is 544. The second-order valence-electron chi connectivity index (χ2n) is 4.50. The van der Waals surface area contributed by atoms with E-state index < -0.39 is 0 Å². The van der Waals surface area contributed by atoms with Gasteiger partial charge in [0.25, 0.3) is 5.91 Å². The second kappa shape index (κ2) is 4.33. The Morgan fingerprint density at radius 2 is 2.44 bits per heavy atom. The van der Waals surface area contributed by atoms with Crippen molar-refractivity contribution < 1.29 is 13.7 Å². The van der Waals surface area contributed by atoms with Crippen molar-refractivity contribution in [1.82, 2.24) is 10.1 Å². The predicted molar refractivity (Wildman–Crippen MR) is 63.0 cm³/mol. The van der Waals surface area contributed by atoms with Gasteiger partial charge in [-0.3, -0.25) is 4.79 Å². The Kier molecular flexibility index (Phi) is 2.66. The van der Waals surface area contributed by atoms with Gasteiger partial charge in [-0.1, -0.05) is 5.16 Å². The van der Waals surface area contributed by atoms with E-state index in [2.05, 4.69) is 5.16 Å². The Morgan fingerprint density at radius 3 is 3.11 bits per heavy atom. The number of carbonyl (C=O) groups is 1. The van der Waals surface area contributed by atoms with E-state index in [1.807, 2.05) is 13.0 Å². The summed E-state index contributed by atoms with van der Waals surface area (Å²) in [5.41, 5.74) is 0.835. The molecule has 3 heterocycles. The second-order valence-corrected chi connectivity index (χ2v) is 4.50. The van der Waals surface area contributed by atoms with Gasteiger partial charge < -0.3 is 13.8 Å². The van der Waals surface area contributed by atoms with Crippen molar-refractivity contribution in [2.75, 3.05) is 6.54 Å². The van der Waals surface area contributed by atoms with Crippen molar-refractivity contribution in [3.05, 3.63) is 41.7 Å². The van der Waals surface area contributed by atoms with Gasteiger partial charge in [-0.2, -0.15) is 0 Å². The van der Waals surface area contributed by atoms with Crippen molar-refractivity contribution in [3.8, 4) is 0 Å². The summed E-state index contributed by atoms with van der Waals surface area (Å²) in [5, 5.41) is 3.88. The minimum absolute atomic E-state index is 0.0243. The Labute approximate surface area is 104 Å². The molecule has 3 rings (SSSR count). The fourth-order valence-electron chi connectivity index (χ4n) is 2.39. The lowest BCUT2D eigenvalue weighted by atomic mass is 10.1. The van der Waals surface area contributed by atoms with Crippen LogP contribution < -0.4 is 0 Å². The predicted octanol–water partition coefficient (Wildman–Crippen LogP) is 2.55. The van der Waals surface area contributed by atoms with Crippen LogP contribution in [-0.4, -0.2) is 22.5 Å². The van der Waals surface area contributed by atoms with Crippen LogP contribution in [0.2, 0.25) is 0 Å². The van der Waals surface area contributed by atoms with Gasteiger partial charge >= 0.3 is 0 Å². The number of amides is 1. The van der Waals surface area contributed by atoms with Crippen LogP contribution in [0.25, 0.3) is 0 Å². The van der Waals surface area contributed by atoms with Crippen LogP contribution in [0.5, 0.6) is 0 Å². The van der Waals surface area contributed by atoms with E-state index in [0.717, 1.165) is 30.8 Å². The summed E-state index contributed by atoms with van der Waals surface area (Å²) in [7, 11) is 0. The third kappa shape index (κ3) is 1.81. The lowest BCUT2D eigenvalue weighted by Crippen LogP contribution is -2.30. The molecule has 2 aromatic rings. The molecule has 1 aliphatic heterocycles. The molecule has 1 unspecified atom stereocenters. The Hall–Kier alpha value is -2.04. The fourth-order valence-corrected chi connectivity index (χ4v) is 2.39. The highest BCUT2D eigenvalue weighted by atomic mass is 16.5. The van der Waals surface area contributed by atoms with E-state index >= 15 is 0 Å². The van der Waals surface area contributed by atoms with Crippen LogP contribution in [0, 0.1) is 6.92 Å². The van der Waals surface area contributed by atoms with E-state index in [1.165, 1.54) is 6.26 Å². The molecule has 1 atom stereocenters. The van der Waals surface area contributed by atoms with Crippen molar-refractivity contribution in [3.63, 3.8) is 0 Å². The molecule has 5 nitrogen and oxygen atoms in total. The van der Waals surface area contributed by atoms with Crippen LogP contribution >= 0.6 is 0 Å². The minimum atomic E-state index is -0.0865. The molecule has 0 N–H and O–H groups in total. The normalized spacial score (nSPS) is 19.4. The molecule has 0 aromatic carbocycles. The van der Waals surface area contributed by atoms with Crippen LogP contribution in [0.1, 0.15) is 40.9 Å². The van der Waals surface area contributed by atoms with E-state index in [1.54, 1.807) is 17.0 Å².